The highest BCUT2D eigenvalue weighted by Gasteiger charge is 2.39. The van der Waals surface area contributed by atoms with Crippen LogP contribution in [0, 0.1) is 5.92 Å². The molecule has 2 aromatic carbocycles. The number of nitrogens with one attached hydrogen (secondary N) is 1. The van der Waals surface area contributed by atoms with Gasteiger partial charge in [0.25, 0.3) is 0 Å². The molecular weight excluding hydrogens is 381 g/mol. The van der Waals surface area contributed by atoms with Gasteiger partial charge in [-0.25, -0.2) is 4.79 Å². The summed E-state index contributed by atoms with van der Waals surface area (Å²) in [5.74, 6) is 0.253. The molecule has 0 radical (unpaired) electrons. The predicted molar refractivity (Wildman–Crippen MR) is 110 cm³/mol. The van der Waals surface area contributed by atoms with E-state index in [1.807, 2.05) is 43.3 Å². The Kier molecular flexibility index (Phi) is 5.16. The van der Waals surface area contributed by atoms with Gasteiger partial charge in [-0.3, -0.25) is 0 Å². The SMILES string of the molecule is CCCOC(=O)c1ccc2c(c1)C1C=CCC1C(c1c(Cl)cccc1Cl)N2. The maximum Gasteiger partial charge on any atom is 0.338 e. The van der Waals surface area contributed by atoms with Gasteiger partial charge in [0.1, 0.15) is 0 Å². The van der Waals surface area contributed by atoms with E-state index in [1.165, 1.54) is 0 Å². The average Bonchev–Trinajstić information content (AvgIpc) is 3.16. The molecule has 0 spiro atoms. The molecule has 0 fully saturated rings. The standard InChI is InChI=1S/C22H21Cl2NO2/c1-2-11-27-22(26)13-9-10-19-16(12-13)14-5-3-6-15(14)21(25-19)20-17(23)7-4-8-18(20)24/h3-5,7-10,12,14-15,21,25H,2,6,11H2,1H3. The van der Waals surface area contributed by atoms with Crippen LogP contribution in [0.1, 0.15) is 53.2 Å². The number of hydrogen-bond acceptors (Lipinski definition) is 3. The van der Waals surface area contributed by atoms with E-state index in [0.717, 1.165) is 29.7 Å². The fourth-order valence-corrected chi connectivity index (χ4v) is 4.73. The number of carbonyl (C=O) groups excluding carboxylic acids is 1. The van der Waals surface area contributed by atoms with Crippen molar-refractivity contribution >= 4 is 34.9 Å². The zero-order chi connectivity index (χ0) is 19.0. The first kappa shape index (κ1) is 18.4. The van der Waals surface area contributed by atoms with Crippen molar-refractivity contribution in [1.29, 1.82) is 0 Å². The Labute approximate surface area is 169 Å². The minimum absolute atomic E-state index is 0.0246. The number of carbonyl (C=O) groups is 1. The Morgan fingerprint density at radius 1 is 1.22 bits per heavy atom. The molecular formula is C22H21Cl2NO2. The fraction of sp³-hybridized carbons (Fsp3) is 0.318. The number of rotatable bonds is 4. The first-order chi connectivity index (χ1) is 13.1. The zero-order valence-corrected chi connectivity index (χ0v) is 16.6. The lowest BCUT2D eigenvalue weighted by Crippen LogP contribution is -2.29. The minimum Gasteiger partial charge on any atom is -0.462 e. The third kappa shape index (κ3) is 3.35. The van der Waals surface area contributed by atoms with Crippen molar-refractivity contribution < 1.29 is 9.53 Å². The molecule has 3 unspecified atom stereocenters. The lowest BCUT2D eigenvalue weighted by atomic mass is 9.76. The smallest absolute Gasteiger partial charge is 0.338 e. The second-order valence-corrected chi connectivity index (χ2v) is 7.86. The second kappa shape index (κ2) is 7.57. The maximum atomic E-state index is 12.3. The topological polar surface area (TPSA) is 38.3 Å². The zero-order valence-electron chi connectivity index (χ0n) is 15.0. The van der Waals surface area contributed by atoms with Crippen LogP contribution in [0.3, 0.4) is 0 Å². The molecule has 0 amide bonds. The first-order valence-electron chi connectivity index (χ1n) is 9.28. The summed E-state index contributed by atoms with van der Waals surface area (Å²) in [6.45, 7) is 2.42. The van der Waals surface area contributed by atoms with Crippen LogP contribution in [0.25, 0.3) is 0 Å². The van der Waals surface area contributed by atoms with E-state index in [9.17, 15) is 4.79 Å². The van der Waals surface area contributed by atoms with Crippen LogP contribution in [-0.4, -0.2) is 12.6 Å². The number of anilines is 1. The van der Waals surface area contributed by atoms with Crippen molar-refractivity contribution in [3.8, 4) is 0 Å². The largest absolute Gasteiger partial charge is 0.462 e. The summed E-state index contributed by atoms with van der Waals surface area (Å²) in [6, 6.07) is 11.4. The van der Waals surface area contributed by atoms with Gasteiger partial charge in [0.2, 0.25) is 0 Å². The summed E-state index contributed by atoms with van der Waals surface area (Å²) in [4.78, 5) is 12.3. The fourth-order valence-electron chi connectivity index (χ4n) is 4.09. The number of hydrogen-bond donors (Lipinski definition) is 1. The molecule has 0 aromatic heterocycles. The van der Waals surface area contributed by atoms with Gasteiger partial charge in [-0.05, 0) is 54.7 Å². The molecule has 1 heterocycles. The molecule has 1 aliphatic carbocycles. The Balaban J connectivity index is 1.72. The highest BCUT2D eigenvalue weighted by atomic mass is 35.5. The van der Waals surface area contributed by atoms with Gasteiger partial charge in [0, 0.05) is 27.2 Å². The van der Waals surface area contributed by atoms with Crippen LogP contribution in [0.15, 0.2) is 48.6 Å². The van der Waals surface area contributed by atoms with Crippen molar-refractivity contribution in [2.45, 2.75) is 31.7 Å². The lowest BCUT2D eigenvalue weighted by molar-refractivity contribution is 0.0505. The number of fused-ring (bicyclic) bond motifs is 3. The first-order valence-corrected chi connectivity index (χ1v) is 10.0. The van der Waals surface area contributed by atoms with Crippen LogP contribution in [0.2, 0.25) is 10.0 Å². The highest BCUT2D eigenvalue weighted by Crippen LogP contribution is 2.52. The van der Waals surface area contributed by atoms with E-state index in [2.05, 4.69) is 17.5 Å². The molecule has 1 N–H and O–H groups in total. The molecule has 0 bridgehead atoms. The molecule has 2 aliphatic rings. The number of benzene rings is 2. The summed E-state index contributed by atoms with van der Waals surface area (Å²) >= 11 is 13.0. The Morgan fingerprint density at radius 2 is 2.00 bits per heavy atom. The van der Waals surface area contributed by atoms with E-state index < -0.39 is 0 Å². The van der Waals surface area contributed by atoms with Gasteiger partial charge in [-0.2, -0.15) is 0 Å². The van der Waals surface area contributed by atoms with Crippen LogP contribution in [0.4, 0.5) is 5.69 Å². The van der Waals surface area contributed by atoms with Crippen LogP contribution in [-0.2, 0) is 4.74 Å². The van der Waals surface area contributed by atoms with E-state index in [-0.39, 0.29) is 17.9 Å². The number of esters is 1. The number of ether oxygens (including phenoxy) is 1. The van der Waals surface area contributed by atoms with E-state index >= 15 is 0 Å². The summed E-state index contributed by atoms with van der Waals surface area (Å²) in [7, 11) is 0. The van der Waals surface area contributed by atoms with Crippen molar-refractivity contribution in [1.82, 2.24) is 0 Å². The average molecular weight is 402 g/mol. The van der Waals surface area contributed by atoms with Gasteiger partial charge in [0.15, 0.2) is 0 Å². The van der Waals surface area contributed by atoms with Gasteiger partial charge in [0.05, 0.1) is 18.2 Å². The molecule has 3 nitrogen and oxygen atoms in total. The van der Waals surface area contributed by atoms with Crippen LogP contribution in [0.5, 0.6) is 0 Å². The minimum atomic E-state index is -0.269. The maximum absolute atomic E-state index is 12.3. The molecule has 0 saturated carbocycles. The summed E-state index contributed by atoms with van der Waals surface area (Å²) < 4.78 is 5.29. The summed E-state index contributed by atoms with van der Waals surface area (Å²) in [6.07, 6.45) is 6.18. The second-order valence-electron chi connectivity index (χ2n) is 7.05. The molecule has 5 heteroatoms. The molecule has 0 saturated heterocycles. The van der Waals surface area contributed by atoms with Crippen molar-refractivity contribution in [3.05, 3.63) is 75.3 Å². The van der Waals surface area contributed by atoms with E-state index in [1.54, 1.807) is 0 Å². The molecule has 27 heavy (non-hydrogen) atoms. The molecule has 2 aromatic rings. The van der Waals surface area contributed by atoms with E-state index in [0.29, 0.717) is 28.1 Å². The van der Waals surface area contributed by atoms with Gasteiger partial charge in [-0.15, -0.1) is 0 Å². The monoisotopic (exact) mass is 401 g/mol. The van der Waals surface area contributed by atoms with Gasteiger partial charge in [-0.1, -0.05) is 48.3 Å². The Hall–Kier alpha value is -1.97. The van der Waals surface area contributed by atoms with Crippen molar-refractivity contribution in [2.24, 2.45) is 5.92 Å². The summed E-state index contributed by atoms with van der Waals surface area (Å²) in [5, 5.41) is 4.96. The van der Waals surface area contributed by atoms with Crippen LogP contribution < -0.4 is 5.32 Å². The quantitative estimate of drug-likeness (QED) is 0.476. The number of allylic oxidation sites excluding steroid dienone is 2. The van der Waals surface area contributed by atoms with Crippen molar-refractivity contribution in [2.75, 3.05) is 11.9 Å². The van der Waals surface area contributed by atoms with E-state index in [4.69, 9.17) is 27.9 Å². The summed E-state index contributed by atoms with van der Waals surface area (Å²) in [5.41, 5.74) is 3.67. The molecule has 140 valence electrons. The van der Waals surface area contributed by atoms with Crippen LogP contribution >= 0.6 is 23.2 Å². The Bertz CT molecular complexity index is 889. The molecule has 4 rings (SSSR count). The highest BCUT2D eigenvalue weighted by molar-refractivity contribution is 6.36. The lowest BCUT2D eigenvalue weighted by Gasteiger charge is -2.38. The van der Waals surface area contributed by atoms with Gasteiger partial charge < -0.3 is 10.1 Å². The predicted octanol–water partition coefficient (Wildman–Crippen LogP) is 6.39. The third-order valence-corrected chi connectivity index (χ3v) is 6.01. The number of halogens is 2. The van der Waals surface area contributed by atoms with Gasteiger partial charge >= 0.3 is 5.97 Å². The van der Waals surface area contributed by atoms with Crippen molar-refractivity contribution in [3.63, 3.8) is 0 Å². The third-order valence-electron chi connectivity index (χ3n) is 5.35. The Morgan fingerprint density at radius 3 is 2.74 bits per heavy atom. The normalized spacial score (nSPS) is 22.7. The molecule has 3 atom stereocenters. The molecule has 1 aliphatic heterocycles.